The van der Waals surface area contributed by atoms with Crippen LogP contribution >= 0.6 is 23.2 Å². The van der Waals surface area contributed by atoms with Gasteiger partial charge in [-0.2, -0.15) is 0 Å². The zero-order chi connectivity index (χ0) is 22.3. The van der Waals surface area contributed by atoms with Crippen molar-refractivity contribution in [2.24, 2.45) is 0 Å². The molecule has 164 valence electrons. The number of aryl methyl sites for hydroxylation is 1. The molecule has 0 aliphatic carbocycles. The number of anilines is 1. The van der Waals surface area contributed by atoms with Crippen molar-refractivity contribution in [3.05, 3.63) is 58.1 Å². The van der Waals surface area contributed by atoms with E-state index in [1.165, 1.54) is 24.6 Å². The molecule has 0 fully saturated rings. The minimum absolute atomic E-state index is 0.151. The Balaban J connectivity index is 1.98. The average molecular weight is 473 g/mol. The second-order valence-electron chi connectivity index (χ2n) is 6.86. The van der Waals surface area contributed by atoms with Gasteiger partial charge in [0.25, 0.3) is 0 Å². The van der Waals surface area contributed by atoms with Gasteiger partial charge in [0.1, 0.15) is 18.4 Å². The van der Waals surface area contributed by atoms with Gasteiger partial charge in [-0.25, -0.2) is 8.42 Å². The molecule has 0 saturated carbocycles. The number of nitrogens with one attached hydrogen (secondary N) is 1. The first-order valence-electron chi connectivity index (χ1n) is 9.57. The fourth-order valence-electron chi connectivity index (χ4n) is 2.97. The molecule has 1 amide bonds. The molecule has 30 heavy (non-hydrogen) atoms. The summed E-state index contributed by atoms with van der Waals surface area (Å²) in [6.07, 6.45) is 3.11. The predicted octanol–water partition coefficient (Wildman–Crippen LogP) is 4.30. The lowest BCUT2D eigenvalue weighted by Gasteiger charge is -2.29. The first kappa shape index (κ1) is 24.3. The number of amides is 1. The van der Waals surface area contributed by atoms with Crippen molar-refractivity contribution in [2.75, 3.05) is 23.7 Å². The van der Waals surface area contributed by atoms with Gasteiger partial charge in [-0.1, -0.05) is 48.7 Å². The van der Waals surface area contributed by atoms with E-state index in [4.69, 9.17) is 27.9 Å². The number of halogens is 2. The Kier molecular flexibility index (Phi) is 8.82. The molecule has 0 heterocycles. The number of hydrogen-bond acceptors (Lipinski definition) is 4. The van der Waals surface area contributed by atoms with Gasteiger partial charge >= 0.3 is 0 Å². The van der Waals surface area contributed by atoms with Crippen LogP contribution in [0, 0.1) is 0 Å². The summed E-state index contributed by atoms with van der Waals surface area (Å²) in [7, 11) is -3.79. The topological polar surface area (TPSA) is 75.7 Å². The van der Waals surface area contributed by atoms with Gasteiger partial charge in [0.05, 0.1) is 23.5 Å². The Labute approximate surface area is 188 Å². The Morgan fingerprint density at radius 3 is 2.43 bits per heavy atom. The Morgan fingerprint density at radius 1 is 1.17 bits per heavy atom. The van der Waals surface area contributed by atoms with Crippen LogP contribution in [0.1, 0.15) is 25.8 Å². The maximum Gasteiger partial charge on any atom is 0.243 e. The number of nitrogens with zero attached hydrogens (tertiary/aromatic N) is 1. The molecular weight excluding hydrogens is 447 g/mol. The fraction of sp³-hybridized carbons (Fsp3) is 0.381. The van der Waals surface area contributed by atoms with Gasteiger partial charge in [-0.05, 0) is 49.2 Å². The molecule has 2 rings (SSSR count). The number of rotatable bonds is 10. The summed E-state index contributed by atoms with van der Waals surface area (Å²) < 4.78 is 31.3. The highest BCUT2D eigenvalue weighted by molar-refractivity contribution is 7.92. The molecule has 0 aromatic heterocycles. The SMILES string of the molecule is CCCc1ccc(OCCNC(=O)[C@H](C)N(c2cc(Cl)ccc2Cl)S(C)(=O)=O)cc1. The molecule has 0 bridgehead atoms. The number of hydrogen-bond donors (Lipinski definition) is 1. The highest BCUT2D eigenvalue weighted by Crippen LogP contribution is 2.32. The van der Waals surface area contributed by atoms with E-state index >= 15 is 0 Å². The van der Waals surface area contributed by atoms with Crippen LogP contribution in [0.2, 0.25) is 10.0 Å². The lowest BCUT2D eigenvalue weighted by molar-refractivity contribution is -0.121. The number of ether oxygens (including phenoxy) is 1. The van der Waals surface area contributed by atoms with Crippen LogP contribution < -0.4 is 14.4 Å². The largest absolute Gasteiger partial charge is 0.492 e. The predicted molar refractivity (Wildman–Crippen MR) is 122 cm³/mol. The smallest absolute Gasteiger partial charge is 0.243 e. The van der Waals surface area contributed by atoms with Crippen molar-refractivity contribution in [1.29, 1.82) is 0 Å². The second kappa shape index (κ2) is 10.9. The van der Waals surface area contributed by atoms with E-state index in [1.807, 2.05) is 24.3 Å². The van der Waals surface area contributed by atoms with E-state index in [1.54, 1.807) is 6.07 Å². The van der Waals surface area contributed by atoms with Gasteiger partial charge in [-0.15, -0.1) is 0 Å². The van der Waals surface area contributed by atoms with E-state index in [-0.39, 0.29) is 23.9 Å². The molecule has 0 aliphatic rings. The Morgan fingerprint density at radius 2 is 1.83 bits per heavy atom. The number of sulfonamides is 1. The summed E-state index contributed by atoms with van der Waals surface area (Å²) in [5.74, 6) is 0.235. The first-order valence-corrected chi connectivity index (χ1v) is 12.2. The van der Waals surface area contributed by atoms with Crippen molar-refractivity contribution >= 4 is 44.8 Å². The molecule has 0 unspecified atom stereocenters. The van der Waals surface area contributed by atoms with E-state index < -0.39 is 22.0 Å². The van der Waals surface area contributed by atoms with Gasteiger partial charge in [0.15, 0.2) is 0 Å². The zero-order valence-electron chi connectivity index (χ0n) is 17.2. The molecule has 9 heteroatoms. The molecule has 2 aromatic rings. The van der Waals surface area contributed by atoms with Crippen LogP contribution in [0.25, 0.3) is 0 Å². The Bertz CT molecular complexity index is 965. The first-order chi connectivity index (χ1) is 14.1. The highest BCUT2D eigenvalue weighted by atomic mass is 35.5. The minimum Gasteiger partial charge on any atom is -0.492 e. The zero-order valence-corrected chi connectivity index (χ0v) is 19.5. The fourth-order valence-corrected chi connectivity index (χ4v) is 4.57. The summed E-state index contributed by atoms with van der Waals surface area (Å²) in [4.78, 5) is 12.6. The van der Waals surface area contributed by atoms with Crippen LogP contribution in [0.4, 0.5) is 5.69 Å². The van der Waals surface area contributed by atoms with Crippen molar-refractivity contribution in [3.8, 4) is 5.75 Å². The van der Waals surface area contributed by atoms with Crippen molar-refractivity contribution < 1.29 is 17.9 Å². The van der Waals surface area contributed by atoms with Gasteiger partial charge in [0, 0.05) is 5.02 Å². The van der Waals surface area contributed by atoms with Gasteiger partial charge < -0.3 is 10.1 Å². The molecule has 1 N–H and O–H groups in total. The van der Waals surface area contributed by atoms with Crippen LogP contribution in [0.15, 0.2) is 42.5 Å². The van der Waals surface area contributed by atoms with Crippen molar-refractivity contribution in [2.45, 2.75) is 32.7 Å². The summed E-state index contributed by atoms with van der Waals surface area (Å²) in [6.45, 7) is 4.09. The third kappa shape index (κ3) is 6.79. The summed E-state index contributed by atoms with van der Waals surface area (Å²) >= 11 is 12.1. The standard InChI is InChI=1S/C21H26Cl2N2O4S/c1-4-5-16-6-9-18(10-7-16)29-13-12-24-21(26)15(2)25(30(3,27)28)20-14-17(22)8-11-19(20)23/h6-11,14-15H,4-5,12-13H2,1-3H3,(H,24,26)/t15-/m0/s1. The van der Waals surface area contributed by atoms with E-state index in [0.29, 0.717) is 10.8 Å². The molecule has 0 radical (unpaired) electrons. The average Bonchev–Trinajstić information content (AvgIpc) is 2.68. The van der Waals surface area contributed by atoms with Crippen LogP contribution in [-0.2, 0) is 21.2 Å². The monoisotopic (exact) mass is 472 g/mol. The maximum atomic E-state index is 12.6. The van der Waals surface area contributed by atoms with Crippen LogP contribution in [-0.4, -0.2) is 39.8 Å². The summed E-state index contributed by atoms with van der Waals surface area (Å²) in [5, 5.41) is 3.19. The third-order valence-electron chi connectivity index (χ3n) is 4.37. The number of carbonyl (C=O) groups excluding carboxylic acids is 1. The van der Waals surface area contributed by atoms with E-state index in [2.05, 4.69) is 12.2 Å². The highest BCUT2D eigenvalue weighted by Gasteiger charge is 2.30. The molecule has 0 saturated heterocycles. The van der Waals surface area contributed by atoms with Crippen LogP contribution in [0.5, 0.6) is 5.75 Å². The van der Waals surface area contributed by atoms with Gasteiger partial charge in [-0.3, -0.25) is 9.10 Å². The molecule has 0 spiro atoms. The number of carbonyl (C=O) groups is 1. The Hall–Kier alpha value is -1.96. The number of benzene rings is 2. The third-order valence-corrected chi connectivity index (χ3v) is 6.15. The summed E-state index contributed by atoms with van der Waals surface area (Å²) in [6, 6.07) is 11.2. The van der Waals surface area contributed by atoms with Crippen molar-refractivity contribution in [1.82, 2.24) is 5.32 Å². The molecule has 6 nitrogen and oxygen atoms in total. The minimum atomic E-state index is -3.79. The van der Waals surface area contributed by atoms with Crippen molar-refractivity contribution in [3.63, 3.8) is 0 Å². The van der Waals surface area contributed by atoms with Crippen LogP contribution in [0.3, 0.4) is 0 Å². The lowest BCUT2D eigenvalue weighted by atomic mass is 10.1. The quantitative estimate of drug-likeness (QED) is 0.523. The maximum absolute atomic E-state index is 12.6. The lowest BCUT2D eigenvalue weighted by Crippen LogP contribution is -2.48. The summed E-state index contributed by atoms with van der Waals surface area (Å²) in [5.41, 5.74) is 1.39. The second-order valence-corrected chi connectivity index (χ2v) is 9.57. The molecule has 1 atom stereocenters. The normalized spacial score (nSPS) is 12.3. The van der Waals surface area contributed by atoms with Gasteiger partial charge in [0.2, 0.25) is 15.9 Å². The van der Waals surface area contributed by atoms with E-state index in [9.17, 15) is 13.2 Å². The molecule has 2 aromatic carbocycles. The molecular formula is C21H26Cl2N2O4S. The van der Waals surface area contributed by atoms with E-state index in [0.717, 1.165) is 23.4 Å². The molecule has 0 aliphatic heterocycles.